The quantitative estimate of drug-likeness (QED) is 0.343. The Morgan fingerprint density at radius 3 is 2.55 bits per heavy atom. The maximum absolute atomic E-state index is 13.0. The Kier molecular flexibility index (Phi) is 10.2. The fourth-order valence-electron chi connectivity index (χ4n) is 4.34. The van der Waals surface area contributed by atoms with E-state index >= 15 is 0 Å². The van der Waals surface area contributed by atoms with Crippen LogP contribution in [-0.4, -0.2) is 69.4 Å². The zero-order chi connectivity index (χ0) is 28.6. The molecular weight excluding hydrogens is 552 g/mol. The molecule has 2 heterocycles. The van der Waals surface area contributed by atoms with E-state index in [2.05, 4.69) is 34.7 Å². The van der Waals surface area contributed by atoms with Gasteiger partial charge in [0.1, 0.15) is 0 Å². The highest BCUT2D eigenvalue weighted by Gasteiger charge is 2.25. The molecule has 0 saturated carbocycles. The summed E-state index contributed by atoms with van der Waals surface area (Å²) >= 11 is 7.46. The summed E-state index contributed by atoms with van der Waals surface area (Å²) in [4.78, 5) is 40.2. The maximum Gasteiger partial charge on any atom is 0.254 e. The van der Waals surface area contributed by atoms with Crippen molar-refractivity contribution in [3.05, 3.63) is 70.5 Å². The second kappa shape index (κ2) is 13.8. The number of carbonyl (C=O) groups excluding carboxylic acids is 3. The van der Waals surface area contributed by atoms with E-state index in [-0.39, 0.29) is 29.4 Å². The number of hydrogen-bond donors (Lipinski definition) is 2. The minimum absolute atomic E-state index is 0.0852. The van der Waals surface area contributed by atoms with Crippen molar-refractivity contribution in [2.45, 2.75) is 31.5 Å². The highest BCUT2D eigenvalue weighted by Crippen LogP contribution is 2.25. The van der Waals surface area contributed by atoms with Gasteiger partial charge in [0.25, 0.3) is 11.8 Å². The Bertz CT molecular complexity index is 1360. The van der Waals surface area contributed by atoms with Crippen molar-refractivity contribution in [1.29, 1.82) is 0 Å². The maximum atomic E-state index is 13.0. The molecule has 0 unspecified atom stereocenters. The van der Waals surface area contributed by atoms with Crippen LogP contribution in [0.4, 0.5) is 5.69 Å². The van der Waals surface area contributed by atoms with Crippen LogP contribution in [-0.2, 0) is 16.6 Å². The zero-order valence-electron chi connectivity index (χ0n) is 22.7. The SMILES string of the molecule is CC(C)C[C@H](NC(=O)c1ccccc1Cl)c1nnc(SCC(=O)Nc2cccc(C(=O)N3CCOCC3)c2)n1C. The molecule has 2 aromatic carbocycles. The van der Waals surface area contributed by atoms with E-state index in [0.717, 1.165) is 0 Å². The molecule has 0 spiro atoms. The van der Waals surface area contributed by atoms with E-state index in [0.29, 0.717) is 65.5 Å². The first kappa shape index (κ1) is 29.6. The molecule has 0 aliphatic carbocycles. The van der Waals surface area contributed by atoms with Gasteiger partial charge in [-0.25, -0.2) is 0 Å². The average molecular weight is 585 g/mol. The third-order valence-corrected chi connectivity index (χ3v) is 7.68. The van der Waals surface area contributed by atoms with Gasteiger partial charge in [-0.3, -0.25) is 14.4 Å². The van der Waals surface area contributed by atoms with E-state index in [1.165, 1.54) is 11.8 Å². The Morgan fingerprint density at radius 2 is 1.82 bits per heavy atom. The molecule has 40 heavy (non-hydrogen) atoms. The van der Waals surface area contributed by atoms with Crippen LogP contribution in [0, 0.1) is 5.92 Å². The Morgan fingerprint density at radius 1 is 1.07 bits per heavy atom. The number of hydrogen-bond acceptors (Lipinski definition) is 7. The first-order chi connectivity index (χ1) is 19.2. The van der Waals surface area contributed by atoms with Gasteiger partial charge in [-0.15, -0.1) is 10.2 Å². The number of nitrogens with one attached hydrogen (secondary N) is 2. The van der Waals surface area contributed by atoms with Crippen LogP contribution < -0.4 is 10.6 Å². The van der Waals surface area contributed by atoms with Crippen LogP contribution in [0.5, 0.6) is 0 Å². The lowest BCUT2D eigenvalue weighted by atomic mass is 10.0. The number of thioether (sulfide) groups is 1. The highest BCUT2D eigenvalue weighted by molar-refractivity contribution is 7.99. The molecule has 1 atom stereocenters. The summed E-state index contributed by atoms with van der Waals surface area (Å²) in [5, 5.41) is 15.4. The van der Waals surface area contributed by atoms with Crippen LogP contribution in [0.15, 0.2) is 53.7 Å². The molecule has 4 rings (SSSR count). The van der Waals surface area contributed by atoms with Crippen LogP contribution in [0.25, 0.3) is 0 Å². The number of benzene rings is 2. The summed E-state index contributed by atoms with van der Waals surface area (Å²) in [6, 6.07) is 13.4. The van der Waals surface area contributed by atoms with Gasteiger partial charge in [-0.2, -0.15) is 0 Å². The molecule has 10 nitrogen and oxygen atoms in total. The summed E-state index contributed by atoms with van der Waals surface area (Å²) in [5.74, 6) is 0.345. The van der Waals surface area contributed by atoms with Gasteiger partial charge in [0, 0.05) is 31.4 Å². The van der Waals surface area contributed by atoms with E-state index in [9.17, 15) is 14.4 Å². The zero-order valence-corrected chi connectivity index (χ0v) is 24.3. The van der Waals surface area contributed by atoms with Crippen molar-refractivity contribution >= 4 is 46.8 Å². The van der Waals surface area contributed by atoms with E-state index in [1.807, 2.05) is 7.05 Å². The minimum Gasteiger partial charge on any atom is -0.378 e. The number of anilines is 1. The van der Waals surface area contributed by atoms with E-state index in [4.69, 9.17) is 16.3 Å². The molecule has 1 saturated heterocycles. The third kappa shape index (κ3) is 7.61. The average Bonchev–Trinajstić information content (AvgIpc) is 3.31. The highest BCUT2D eigenvalue weighted by atomic mass is 35.5. The van der Waals surface area contributed by atoms with Crippen LogP contribution in [0.1, 0.15) is 52.9 Å². The molecule has 1 aliphatic heterocycles. The van der Waals surface area contributed by atoms with Crippen LogP contribution in [0.3, 0.4) is 0 Å². The van der Waals surface area contributed by atoms with Crippen molar-refractivity contribution in [2.75, 3.05) is 37.4 Å². The summed E-state index contributed by atoms with van der Waals surface area (Å²) < 4.78 is 7.11. The molecule has 3 aromatic rings. The molecule has 1 aliphatic rings. The van der Waals surface area contributed by atoms with Crippen LogP contribution in [0.2, 0.25) is 5.02 Å². The second-order valence-corrected chi connectivity index (χ2v) is 11.2. The van der Waals surface area contributed by atoms with Crippen molar-refractivity contribution < 1.29 is 19.1 Å². The molecule has 0 bridgehead atoms. The number of carbonyl (C=O) groups is 3. The van der Waals surface area contributed by atoms with Gasteiger partial charge in [-0.05, 0) is 42.7 Å². The Balaban J connectivity index is 1.38. The lowest BCUT2D eigenvalue weighted by molar-refractivity contribution is -0.113. The molecule has 212 valence electrons. The first-order valence-corrected chi connectivity index (χ1v) is 14.4. The molecule has 12 heteroatoms. The summed E-state index contributed by atoms with van der Waals surface area (Å²) in [6.07, 6.45) is 0.646. The van der Waals surface area contributed by atoms with Crippen molar-refractivity contribution in [2.24, 2.45) is 13.0 Å². The molecule has 1 aromatic heterocycles. The van der Waals surface area contributed by atoms with Gasteiger partial charge in [-0.1, -0.05) is 55.4 Å². The lowest BCUT2D eigenvalue weighted by Crippen LogP contribution is -2.40. The number of ether oxygens (including phenoxy) is 1. The minimum atomic E-state index is -0.392. The summed E-state index contributed by atoms with van der Waals surface area (Å²) in [7, 11) is 1.81. The third-order valence-electron chi connectivity index (χ3n) is 6.34. The second-order valence-electron chi connectivity index (χ2n) is 9.86. The smallest absolute Gasteiger partial charge is 0.254 e. The van der Waals surface area contributed by atoms with Gasteiger partial charge in [0.2, 0.25) is 5.91 Å². The van der Waals surface area contributed by atoms with Gasteiger partial charge < -0.3 is 24.8 Å². The predicted octanol–water partition coefficient (Wildman–Crippen LogP) is 4.19. The molecule has 3 amide bonds. The topological polar surface area (TPSA) is 118 Å². The Hall–Kier alpha value is -3.41. The normalized spacial score (nSPS) is 14.2. The van der Waals surface area contributed by atoms with E-state index in [1.54, 1.807) is 58.0 Å². The monoisotopic (exact) mass is 584 g/mol. The van der Waals surface area contributed by atoms with Gasteiger partial charge >= 0.3 is 0 Å². The van der Waals surface area contributed by atoms with Crippen molar-refractivity contribution in [3.8, 4) is 0 Å². The molecular formula is C28H33ClN6O4S. The number of amides is 3. The number of nitrogens with zero attached hydrogens (tertiary/aromatic N) is 4. The van der Waals surface area contributed by atoms with E-state index < -0.39 is 6.04 Å². The predicted molar refractivity (Wildman–Crippen MR) is 155 cm³/mol. The molecule has 1 fully saturated rings. The fourth-order valence-corrected chi connectivity index (χ4v) is 5.28. The lowest BCUT2D eigenvalue weighted by Gasteiger charge is -2.27. The van der Waals surface area contributed by atoms with Crippen molar-refractivity contribution in [1.82, 2.24) is 25.0 Å². The number of rotatable bonds is 10. The Labute approximate surface area is 242 Å². The summed E-state index contributed by atoms with van der Waals surface area (Å²) in [6.45, 7) is 6.27. The van der Waals surface area contributed by atoms with Crippen LogP contribution >= 0.6 is 23.4 Å². The van der Waals surface area contributed by atoms with Gasteiger partial charge in [0.05, 0.1) is 35.6 Å². The largest absolute Gasteiger partial charge is 0.378 e. The number of halogens is 1. The standard InChI is InChI=1S/C28H33ClN6O4S/c1-18(2)15-23(31-26(37)21-9-4-5-10-22(21)29)25-32-33-28(34(25)3)40-17-24(36)30-20-8-6-7-19(16-20)27(38)35-11-13-39-14-12-35/h4-10,16,18,23H,11-15,17H2,1-3H3,(H,30,36)(H,31,37)/t23-/m0/s1. The molecule has 2 N–H and O–H groups in total. The summed E-state index contributed by atoms with van der Waals surface area (Å²) in [5.41, 5.74) is 1.45. The van der Waals surface area contributed by atoms with Gasteiger partial charge in [0.15, 0.2) is 11.0 Å². The first-order valence-electron chi connectivity index (χ1n) is 13.1. The molecule has 0 radical (unpaired) electrons. The number of aromatic nitrogens is 3. The fraction of sp³-hybridized carbons (Fsp3) is 0.393. The number of morpholine rings is 1. The van der Waals surface area contributed by atoms with Crippen molar-refractivity contribution in [3.63, 3.8) is 0 Å².